The van der Waals surface area contributed by atoms with E-state index in [4.69, 9.17) is 16.3 Å². The van der Waals surface area contributed by atoms with Gasteiger partial charge in [-0.25, -0.2) is 13.3 Å². The molecule has 176 valence electrons. The minimum Gasteiger partial charge on any atom is -0.494 e. The summed E-state index contributed by atoms with van der Waals surface area (Å²) in [5, 5.41) is 0.371. The summed E-state index contributed by atoms with van der Waals surface area (Å²) in [5.74, 6) is -0.485. The molecule has 7 nitrogen and oxygen atoms in total. The van der Waals surface area contributed by atoms with Crippen LogP contribution in [0.3, 0.4) is 0 Å². The molecule has 2 amide bonds. The normalized spacial score (nSPS) is 16.3. The Morgan fingerprint density at radius 3 is 2.26 bits per heavy atom. The number of halogens is 1. The average molecular weight is 499 g/mol. The number of sulfonamides is 1. The van der Waals surface area contributed by atoms with E-state index >= 15 is 0 Å². The Balaban J connectivity index is 1.72. The van der Waals surface area contributed by atoms with Crippen LogP contribution in [0.1, 0.15) is 18.9 Å². The van der Waals surface area contributed by atoms with E-state index in [1.807, 2.05) is 6.92 Å². The standard InChI is InChI=1S/C25H23ClN2O5S/c1-2-33-20-14-12-19(13-15-20)28-24(29)16-23(25(28)30)27(17-18-8-6-7-11-22(18)26)34(31,32)21-9-4-3-5-10-21/h3-15,23H,2,16-17H2,1H3. The van der Waals surface area contributed by atoms with Gasteiger partial charge >= 0.3 is 0 Å². The van der Waals surface area contributed by atoms with E-state index in [1.165, 1.54) is 12.1 Å². The van der Waals surface area contributed by atoms with Crippen molar-refractivity contribution in [2.75, 3.05) is 11.5 Å². The molecule has 1 saturated heterocycles. The van der Waals surface area contributed by atoms with E-state index in [2.05, 4.69) is 0 Å². The van der Waals surface area contributed by atoms with Gasteiger partial charge in [-0.3, -0.25) is 9.59 Å². The topological polar surface area (TPSA) is 84.0 Å². The molecule has 1 aliphatic rings. The minimum atomic E-state index is -4.12. The lowest BCUT2D eigenvalue weighted by Gasteiger charge is -2.27. The van der Waals surface area contributed by atoms with Crippen LogP contribution in [0.25, 0.3) is 0 Å². The van der Waals surface area contributed by atoms with Crippen molar-refractivity contribution in [3.8, 4) is 5.75 Å². The predicted molar refractivity (Wildman–Crippen MR) is 129 cm³/mol. The number of hydrogen-bond donors (Lipinski definition) is 0. The van der Waals surface area contributed by atoms with Crippen LogP contribution in [0.5, 0.6) is 5.75 Å². The molecular formula is C25H23ClN2O5S. The van der Waals surface area contributed by atoms with Crippen LogP contribution in [0.2, 0.25) is 5.02 Å². The summed E-state index contributed by atoms with van der Waals surface area (Å²) in [5.41, 5.74) is 0.888. The first-order valence-electron chi connectivity index (χ1n) is 10.7. The van der Waals surface area contributed by atoms with Gasteiger partial charge < -0.3 is 4.74 Å². The van der Waals surface area contributed by atoms with Gasteiger partial charge in [0, 0.05) is 11.6 Å². The van der Waals surface area contributed by atoms with Crippen molar-refractivity contribution >= 4 is 39.1 Å². The highest BCUT2D eigenvalue weighted by atomic mass is 35.5. The molecular weight excluding hydrogens is 476 g/mol. The van der Waals surface area contributed by atoms with Crippen molar-refractivity contribution in [3.05, 3.63) is 89.4 Å². The fraction of sp³-hybridized carbons (Fsp3) is 0.200. The summed E-state index contributed by atoms with van der Waals surface area (Å²) < 4.78 is 33.7. The fourth-order valence-corrected chi connectivity index (χ4v) is 5.63. The zero-order valence-electron chi connectivity index (χ0n) is 18.4. The van der Waals surface area contributed by atoms with Gasteiger partial charge in [0.05, 0.1) is 23.6 Å². The third-order valence-electron chi connectivity index (χ3n) is 5.51. The Morgan fingerprint density at radius 2 is 1.62 bits per heavy atom. The Labute approximate surface area is 203 Å². The zero-order chi connectivity index (χ0) is 24.3. The fourth-order valence-electron chi connectivity index (χ4n) is 3.86. The first-order valence-corrected chi connectivity index (χ1v) is 12.5. The van der Waals surface area contributed by atoms with Gasteiger partial charge in [0.25, 0.3) is 5.91 Å². The Kier molecular flexibility index (Phi) is 7.02. The molecule has 0 N–H and O–H groups in total. The van der Waals surface area contributed by atoms with Crippen LogP contribution >= 0.6 is 11.6 Å². The van der Waals surface area contributed by atoms with Crippen LogP contribution in [-0.2, 0) is 26.2 Å². The van der Waals surface area contributed by atoms with E-state index in [9.17, 15) is 18.0 Å². The van der Waals surface area contributed by atoms with E-state index in [-0.39, 0.29) is 17.9 Å². The third kappa shape index (κ3) is 4.70. The second kappa shape index (κ2) is 9.97. The first kappa shape index (κ1) is 23.9. The molecule has 1 atom stereocenters. The number of ether oxygens (including phenoxy) is 1. The largest absolute Gasteiger partial charge is 0.494 e. The lowest BCUT2D eigenvalue weighted by Crippen LogP contribution is -2.45. The van der Waals surface area contributed by atoms with E-state index in [1.54, 1.807) is 66.7 Å². The molecule has 0 bridgehead atoms. The molecule has 0 aromatic heterocycles. The Bertz CT molecular complexity index is 1300. The van der Waals surface area contributed by atoms with Gasteiger partial charge in [0.1, 0.15) is 11.8 Å². The maximum Gasteiger partial charge on any atom is 0.252 e. The van der Waals surface area contributed by atoms with Gasteiger partial charge in [0.2, 0.25) is 15.9 Å². The number of nitrogens with zero attached hydrogens (tertiary/aromatic N) is 2. The third-order valence-corrected chi connectivity index (χ3v) is 7.75. The van der Waals surface area contributed by atoms with Crippen molar-refractivity contribution in [3.63, 3.8) is 0 Å². The van der Waals surface area contributed by atoms with E-state index < -0.39 is 27.9 Å². The predicted octanol–water partition coefficient (Wildman–Crippen LogP) is 4.26. The van der Waals surface area contributed by atoms with Gasteiger partial charge in [-0.05, 0) is 55.0 Å². The van der Waals surface area contributed by atoms with Crippen molar-refractivity contribution < 1.29 is 22.7 Å². The number of carbonyl (C=O) groups excluding carboxylic acids is 2. The molecule has 1 aliphatic heterocycles. The number of carbonyl (C=O) groups is 2. The second-order valence-corrected chi connectivity index (χ2v) is 9.97. The van der Waals surface area contributed by atoms with E-state index in [0.717, 1.165) is 9.21 Å². The maximum absolute atomic E-state index is 13.6. The molecule has 0 aliphatic carbocycles. The van der Waals surface area contributed by atoms with Gasteiger partial charge in [-0.1, -0.05) is 48.0 Å². The highest BCUT2D eigenvalue weighted by Crippen LogP contribution is 2.32. The molecule has 0 saturated carbocycles. The quantitative estimate of drug-likeness (QED) is 0.433. The van der Waals surface area contributed by atoms with Crippen LogP contribution in [0, 0.1) is 0 Å². The van der Waals surface area contributed by atoms with Crippen molar-refractivity contribution in [1.82, 2.24) is 4.31 Å². The number of rotatable bonds is 8. The lowest BCUT2D eigenvalue weighted by atomic mass is 10.2. The van der Waals surface area contributed by atoms with Crippen LogP contribution in [-0.4, -0.2) is 37.2 Å². The minimum absolute atomic E-state index is 0.0295. The van der Waals surface area contributed by atoms with Crippen molar-refractivity contribution in [1.29, 1.82) is 0 Å². The highest BCUT2D eigenvalue weighted by Gasteiger charge is 2.47. The number of amides is 2. The lowest BCUT2D eigenvalue weighted by molar-refractivity contribution is -0.122. The highest BCUT2D eigenvalue weighted by molar-refractivity contribution is 7.89. The monoisotopic (exact) mass is 498 g/mol. The number of anilines is 1. The van der Waals surface area contributed by atoms with Gasteiger partial charge in [-0.2, -0.15) is 4.31 Å². The molecule has 3 aromatic carbocycles. The first-order chi connectivity index (χ1) is 16.3. The second-order valence-electron chi connectivity index (χ2n) is 7.67. The van der Waals surface area contributed by atoms with Crippen LogP contribution in [0.15, 0.2) is 83.8 Å². The maximum atomic E-state index is 13.6. The number of hydrogen-bond acceptors (Lipinski definition) is 5. The summed E-state index contributed by atoms with van der Waals surface area (Å²) in [4.78, 5) is 27.4. The van der Waals surface area contributed by atoms with Gasteiger partial charge in [-0.15, -0.1) is 0 Å². The Hall–Kier alpha value is -3.20. The van der Waals surface area contributed by atoms with E-state index in [0.29, 0.717) is 28.6 Å². The van der Waals surface area contributed by atoms with Gasteiger partial charge in [0.15, 0.2) is 0 Å². The summed E-state index contributed by atoms with van der Waals surface area (Å²) in [6, 6.07) is 20.0. The molecule has 1 unspecified atom stereocenters. The number of imide groups is 1. The summed E-state index contributed by atoms with van der Waals surface area (Å²) in [6.07, 6.45) is -0.275. The molecule has 0 radical (unpaired) electrons. The van der Waals surface area contributed by atoms with Crippen LogP contribution < -0.4 is 9.64 Å². The summed E-state index contributed by atoms with van der Waals surface area (Å²) >= 11 is 6.31. The molecule has 34 heavy (non-hydrogen) atoms. The SMILES string of the molecule is CCOc1ccc(N2C(=O)CC(N(Cc3ccccc3Cl)S(=O)(=O)c3ccccc3)C2=O)cc1. The molecule has 4 rings (SSSR count). The van der Waals surface area contributed by atoms with Crippen molar-refractivity contribution in [2.45, 2.75) is 30.8 Å². The molecule has 3 aromatic rings. The van der Waals surface area contributed by atoms with Crippen molar-refractivity contribution in [2.24, 2.45) is 0 Å². The molecule has 0 spiro atoms. The summed E-state index contributed by atoms with van der Waals surface area (Å²) in [6.45, 7) is 2.18. The average Bonchev–Trinajstić information content (AvgIpc) is 3.13. The number of benzene rings is 3. The zero-order valence-corrected chi connectivity index (χ0v) is 20.0. The molecule has 9 heteroatoms. The molecule has 1 fully saturated rings. The van der Waals surface area contributed by atoms with Crippen LogP contribution in [0.4, 0.5) is 5.69 Å². The molecule has 1 heterocycles. The Morgan fingerprint density at radius 1 is 0.971 bits per heavy atom. The smallest absolute Gasteiger partial charge is 0.252 e. The summed E-state index contributed by atoms with van der Waals surface area (Å²) in [7, 11) is -4.12.